The van der Waals surface area contributed by atoms with Crippen LogP contribution in [0.5, 0.6) is 0 Å². The van der Waals surface area contributed by atoms with E-state index in [2.05, 4.69) is 17.9 Å². The van der Waals surface area contributed by atoms with Crippen LogP contribution in [-0.4, -0.2) is 36.6 Å². The molecule has 1 N–H and O–H groups in total. The number of alkyl carbamates (subject to hydrolysis) is 1. The molecule has 0 fully saturated rings. The number of carbonyl (C=O) groups excluding carboxylic acids is 2. The fraction of sp³-hybridized carbons (Fsp3) is 0.882. The Kier molecular flexibility index (Phi) is 13.0. The van der Waals surface area contributed by atoms with Crippen molar-refractivity contribution in [2.45, 2.75) is 77.7 Å². The number of hydrogen-bond acceptors (Lipinski definition) is 5. The van der Waals surface area contributed by atoms with Gasteiger partial charge in [-0.3, -0.25) is 4.79 Å². The summed E-state index contributed by atoms with van der Waals surface area (Å²) in [6.07, 6.45) is 7.64. The van der Waals surface area contributed by atoms with E-state index < -0.39 is 5.60 Å². The predicted octanol–water partition coefficient (Wildman–Crippen LogP) is 4.10. The summed E-state index contributed by atoms with van der Waals surface area (Å²) in [7, 11) is 0. The lowest BCUT2D eigenvalue weighted by Gasteiger charge is -2.19. The minimum Gasteiger partial charge on any atom is -0.465 e. The van der Waals surface area contributed by atoms with Crippen LogP contribution in [0, 0.1) is 0 Å². The van der Waals surface area contributed by atoms with Crippen LogP contribution in [0.25, 0.3) is 0 Å². The molecule has 6 heteroatoms. The van der Waals surface area contributed by atoms with E-state index in [-0.39, 0.29) is 12.1 Å². The maximum absolute atomic E-state index is 11.4. The van der Waals surface area contributed by atoms with Crippen LogP contribution >= 0.6 is 12.6 Å². The first-order chi connectivity index (χ1) is 10.8. The van der Waals surface area contributed by atoms with Gasteiger partial charge in [-0.25, -0.2) is 4.79 Å². The second kappa shape index (κ2) is 13.5. The summed E-state index contributed by atoms with van der Waals surface area (Å²) in [5.74, 6) is 0.460. The van der Waals surface area contributed by atoms with Crippen LogP contribution in [-0.2, 0) is 14.3 Å². The summed E-state index contributed by atoms with van der Waals surface area (Å²) < 4.78 is 10.1. The van der Waals surface area contributed by atoms with Crippen molar-refractivity contribution in [3.8, 4) is 0 Å². The third-order valence-corrected chi connectivity index (χ3v) is 3.26. The van der Waals surface area contributed by atoms with Gasteiger partial charge in [-0.15, -0.1) is 0 Å². The summed E-state index contributed by atoms with van der Waals surface area (Å²) in [6.45, 7) is 6.62. The minimum absolute atomic E-state index is 0.118. The molecule has 0 bridgehead atoms. The van der Waals surface area contributed by atoms with Gasteiger partial charge in [0.2, 0.25) is 0 Å². The first-order valence-corrected chi connectivity index (χ1v) is 9.22. The van der Waals surface area contributed by atoms with Crippen molar-refractivity contribution in [2.24, 2.45) is 0 Å². The Morgan fingerprint density at radius 3 is 2.09 bits per heavy atom. The van der Waals surface area contributed by atoms with Gasteiger partial charge in [-0.1, -0.05) is 32.1 Å². The second-order valence-corrected chi connectivity index (χ2v) is 7.04. The molecule has 0 aliphatic carbocycles. The monoisotopic (exact) mass is 347 g/mol. The van der Waals surface area contributed by atoms with Gasteiger partial charge >= 0.3 is 12.1 Å². The van der Waals surface area contributed by atoms with Crippen LogP contribution in [0.4, 0.5) is 4.79 Å². The largest absolute Gasteiger partial charge is 0.465 e. The highest BCUT2D eigenvalue weighted by Crippen LogP contribution is 2.09. The Morgan fingerprint density at radius 1 is 0.957 bits per heavy atom. The highest BCUT2D eigenvalue weighted by atomic mass is 32.1. The van der Waals surface area contributed by atoms with Gasteiger partial charge < -0.3 is 14.8 Å². The summed E-state index contributed by atoms with van der Waals surface area (Å²) in [5.41, 5.74) is -0.441. The Morgan fingerprint density at radius 2 is 1.52 bits per heavy atom. The van der Waals surface area contributed by atoms with E-state index in [0.717, 1.165) is 44.9 Å². The molecule has 0 rings (SSSR count). The molecular formula is C17H33NO4S. The molecule has 0 aromatic carbocycles. The van der Waals surface area contributed by atoms with Gasteiger partial charge in [-0.2, -0.15) is 12.6 Å². The number of esters is 1. The Labute approximate surface area is 146 Å². The van der Waals surface area contributed by atoms with E-state index in [4.69, 9.17) is 9.47 Å². The predicted molar refractivity (Wildman–Crippen MR) is 96.0 cm³/mol. The lowest BCUT2D eigenvalue weighted by molar-refractivity contribution is -0.143. The number of amides is 1. The van der Waals surface area contributed by atoms with Crippen molar-refractivity contribution in [3.05, 3.63) is 0 Å². The summed E-state index contributed by atoms with van der Waals surface area (Å²) in [5, 5.41) is 2.76. The summed E-state index contributed by atoms with van der Waals surface area (Å²) >= 11 is 3.99. The normalized spacial score (nSPS) is 11.1. The lowest BCUT2D eigenvalue weighted by Crippen LogP contribution is -2.32. The van der Waals surface area contributed by atoms with Gasteiger partial charge in [0.1, 0.15) is 12.2 Å². The Balaban J connectivity index is 3.28. The van der Waals surface area contributed by atoms with E-state index >= 15 is 0 Å². The molecule has 0 atom stereocenters. The van der Waals surface area contributed by atoms with Crippen molar-refractivity contribution < 1.29 is 19.1 Å². The molecule has 0 aromatic rings. The second-order valence-electron chi connectivity index (χ2n) is 6.60. The van der Waals surface area contributed by atoms with Crippen LogP contribution in [0.15, 0.2) is 0 Å². The molecule has 1 amide bonds. The molecule has 0 unspecified atom stereocenters. The zero-order valence-corrected chi connectivity index (χ0v) is 15.8. The minimum atomic E-state index is -0.441. The Hall–Kier alpha value is -0.910. The van der Waals surface area contributed by atoms with E-state index in [1.54, 1.807) is 0 Å². The van der Waals surface area contributed by atoms with Gasteiger partial charge in [0, 0.05) is 18.7 Å². The highest BCUT2D eigenvalue weighted by molar-refractivity contribution is 7.80. The van der Waals surface area contributed by atoms with Crippen molar-refractivity contribution in [1.82, 2.24) is 5.32 Å². The van der Waals surface area contributed by atoms with Gasteiger partial charge in [-0.05, 0) is 33.6 Å². The number of thiol groups is 1. The third-order valence-electron chi connectivity index (χ3n) is 3.08. The molecular weight excluding hydrogens is 314 g/mol. The zero-order valence-electron chi connectivity index (χ0n) is 14.9. The number of unbranched alkanes of at least 4 members (excludes halogenated alkanes) is 6. The average molecular weight is 348 g/mol. The molecule has 0 heterocycles. The van der Waals surface area contributed by atoms with Crippen LogP contribution in [0.2, 0.25) is 0 Å². The summed E-state index contributed by atoms with van der Waals surface area (Å²) in [6, 6.07) is 0. The Bertz CT molecular complexity index is 329. The zero-order chi connectivity index (χ0) is 17.6. The smallest absolute Gasteiger partial charge is 0.407 e. The topological polar surface area (TPSA) is 64.6 Å². The molecule has 136 valence electrons. The highest BCUT2D eigenvalue weighted by Gasteiger charge is 2.15. The maximum atomic E-state index is 11.4. The van der Waals surface area contributed by atoms with E-state index in [0.29, 0.717) is 25.3 Å². The molecule has 0 aliphatic heterocycles. The molecule has 0 spiro atoms. The number of hydrogen-bond donors (Lipinski definition) is 2. The van der Waals surface area contributed by atoms with Crippen molar-refractivity contribution in [1.29, 1.82) is 0 Å². The van der Waals surface area contributed by atoms with Crippen molar-refractivity contribution in [2.75, 3.05) is 18.9 Å². The van der Waals surface area contributed by atoms with E-state index in [1.165, 1.54) is 0 Å². The first kappa shape index (κ1) is 22.1. The SMILES string of the molecule is CC(C)(C)OC(=O)NCCCCCCCCCC(=O)OCCS. The fourth-order valence-corrected chi connectivity index (χ4v) is 2.11. The van der Waals surface area contributed by atoms with Gasteiger partial charge in [0.25, 0.3) is 0 Å². The average Bonchev–Trinajstić information content (AvgIpc) is 2.45. The summed E-state index contributed by atoms with van der Waals surface area (Å²) in [4.78, 5) is 22.7. The lowest BCUT2D eigenvalue weighted by atomic mass is 10.1. The van der Waals surface area contributed by atoms with Gasteiger partial charge in [0.15, 0.2) is 0 Å². The molecule has 0 aromatic heterocycles. The molecule has 0 saturated heterocycles. The number of ether oxygens (including phenoxy) is 2. The molecule has 0 radical (unpaired) electrons. The third kappa shape index (κ3) is 17.3. The maximum Gasteiger partial charge on any atom is 0.407 e. The molecule has 0 aliphatic rings. The number of rotatable bonds is 12. The van der Waals surface area contributed by atoms with Crippen LogP contribution < -0.4 is 5.32 Å². The molecule has 0 saturated carbocycles. The first-order valence-electron chi connectivity index (χ1n) is 8.58. The van der Waals surface area contributed by atoms with E-state index in [1.807, 2.05) is 20.8 Å². The fourth-order valence-electron chi connectivity index (χ4n) is 2.01. The van der Waals surface area contributed by atoms with Crippen LogP contribution in [0.3, 0.4) is 0 Å². The van der Waals surface area contributed by atoms with Crippen molar-refractivity contribution in [3.63, 3.8) is 0 Å². The van der Waals surface area contributed by atoms with Gasteiger partial charge in [0.05, 0.1) is 0 Å². The standard InChI is InChI=1S/C17H33NO4S/c1-17(2,3)22-16(20)18-12-10-8-6-4-5-7-9-11-15(19)21-13-14-23/h23H,4-14H2,1-3H3,(H,18,20). The molecule has 5 nitrogen and oxygen atoms in total. The van der Waals surface area contributed by atoms with E-state index in [9.17, 15) is 9.59 Å². The van der Waals surface area contributed by atoms with Crippen LogP contribution in [0.1, 0.15) is 72.1 Å². The number of carbonyl (C=O) groups is 2. The molecule has 23 heavy (non-hydrogen) atoms. The number of nitrogens with one attached hydrogen (secondary N) is 1. The van der Waals surface area contributed by atoms with Crippen molar-refractivity contribution >= 4 is 24.7 Å². The quantitative estimate of drug-likeness (QED) is 0.317.